The van der Waals surface area contributed by atoms with Gasteiger partial charge in [0.25, 0.3) is 0 Å². The highest BCUT2D eigenvalue weighted by Gasteiger charge is 2.14. The zero-order valence-corrected chi connectivity index (χ0v) is 14.2. The Morgan fingerprint density at radius 1 is 1.29 bits per heavy atom. The molecule has 114 valence electrons. The Kier molecular flexibility index (Phi) is 5.73. The molecule has 21 heavy (non-hydrogen) atoms. The van der Waals surface area contributed by atoms with Crippen LogP contribution in [0.15, 0.2) is 29.2 Å². The Labute approximate surface area is 135 Å². The van der Waals surface area contributed by atoms with E-state index in [0.29, 0.717) is 0 Å². The SMILES string of the molecule is CCc1nn(CC)c(CSc2ccc(C(C)O)cc2)c1Cl. The van der Waals surface area contributed by atoms with Crippen LogP contribution in [0.2, 0.25) is 5.02 Å². The predicted octanol–water partition coefficient (Wildman–Crippen LogP) is 4.46. The summed E-state index contributed by atoms with van der Waals surface area (Å²) in [4.78, 5) is 1.16. The quantitative estimate of drug-likeness (QED) is 0.797. The first-order valence-corrected chi connectivity index (χ1v) is 8.58. The number of benzene rings is 1. The van der Waals surface area contributed by atoms with Gasteiger partial charge in [-0.25, -0.2) is 0 Å². The van der Waals surface area contributed by atoms with Crippen LogP contribution in [0.1, 0.15) is 43.8 Å². The van der Waals surface area contributed by atoms with E-state index in [9.17, 15) is 5.11 Å². The molecule has 1 unspecified atom stereocenters. The van der Waals surface area contributed by atoms with Crippen molar-refractivity contribution in [3.05, 3.63) is 46.2 Å². The number of aryl methyl sites for hydroxylation is 2. The number of rotatable bonds is 6. The monoisotopic (exact) mass is 324 g/mol. The van der Waals surface area contributed by atoms with Gasteiger partial charge in [0.1, 0.15) is 0 Å². The first-order chi connectivity index (χ1) is 10.1. The Morgan fingerprint density at radius 2 is 1.95 bits per heavy atom. The third-order valence-corrected chi connectivity index (χ3v) is 4.89. The standard InChI is InChI=1S/C16H21ClN2OS/c1-4-14-16(17)15(19(5-2)18-14)10-21-13-8-6-12(7-9-13)11(3)20/h6-9,11,20H,4-5,10H2,1-3H3. The van der Waals surface area contributed by atoms with E-state index in [2.05, 4.69) is 18.9 Å². The van der Waals surface area contributed by atoms with E-state index < -0.39 is 6.10 Å². The van der Waals surface area contributed by atoms with Gasteiger partial charge < -0.3 is 5.11 Å². The third kappa shape index (κ3) is 3.82. The summed E-state index contributed by atoms with van der Waals surface area (Å²) in [5.41, 5.74) is 2.99. The lowest BCUT2D eigenvalue weighted by molar-refractivity contribution is 0.199. The summed E-state index contributed by atoms with van der Waals surface area (Å²) in [6.07, 6.45) is 0.430. The molecule has 0 spiro atoms. The molecule has 0 bridgehead atoms. The van der Waals surface area contributed by atoms with Crippen molar-refractivity contribution < 1.29 is 5.11 Å². The van der Waals surface area contributed by atoms with E-state index in [4.69, 9.17) is 11.6 Å². The molecule has 0 saturated heterocycles. The molecule has 1 aromatic heterocycles. The minimum absolute atomic E-state index is 0.424. The number of halogens is 1. The van der Waals surface area contributed by atoms with Crippen LogP contribution in [-0.4, -0.2) is 14.9 Å². The minimum Gasteiger partial charge on any atom is -0.389 e. The van der Waals surface area contributed by atoms with Crippen LogP contribution < -0.4 is 0 Å². The molecule has 0 radical (unpaired) electrons. The number of hydrogen-bond acceptors (Lipinski definition) is 3. The number of aliphatic hydroxyl groups is 1. The predicted molar refractivity (Wildman–Crippen MR) is 88.9 cm³/mol. The van der Waals surface area contributed by atoms with Crippen LogP contribution in [0.4, 0.5) is 0 Å². The average molecular weight is 325 g/mol. The van der Waals surface area contributed by atoms with E-state index in [1.54, 1.807) is 18.7 Å². The molecule has 1 N–H and O–H groups in total. The van der Waals surface area contributed by atoms with Gasteiger partial charge >= 0.3 is 0 Å². The molecule has 2 aromatic rings. The van der Waals surface area contributed by atoms with Crippen molar-refractivity contribution in [2.45, 2.75) is 50.5 Å². The summed E-state index contributed by atoms with van der Waals surface area (Å²) >= 11 is 8.15. The van der Waals surface area contributed by atoms with Gasteiger partial charge in [0.15, 0.2) is 0 Å². The summed E-state index contributed by atoms with van der Waals surface area (Å²) in [5, 5.41) is 14.9. The second-order valence-corrected chi connectivity index (χ2v) is 6.34. The smallest absolute Gasteiger partial charge is 0.0858 e. The van der Waals surface area contributed by atoms with Gasteiger partial charge in [0.2, 0.25) is 0 Å². The molecular weight excluding hydrogens is 304 g/mol. The van der Waals surface area contributed by atoms with Crippen molar-refractivity contribution in [1.29, 1.82) is 0 Å². The Bertz CT molecular complexity index is 593. The molecule has 2 rings (SSSR count). The highest BCUT2D eigenvalue weighted by atomic mass is 35.5. The lowest BCUT2D eigenvalue weighted by atomic mass is 10.1. The van der Waals surface area contributed by atoms with Gasteiger partial charge in [0, 0.05) is 17.2 Å². The summed E-state index contributed by atoms with van der Waals surface area (Å²) < 4.78 is 1.98. The third-order valence-electron chi connectivity index (χ3n) is 3.43. The van der Waals surface area contributed by atoms with E-state index in [0.717, 1.165) is 45.6 Å². The Balaban J connectivity index is 2.10. The summed E-state index contributed by atoms with van der Waals surface area (Å²) in [6, 6.07) is 7.99. The zero-order valence-electron chi connectivity index (χ0n) is 12.6. The lowest BCUT2D eigenvalue weighted by Crippen LogP contribution is -2.01. The van der Waals surface area contributed by atoms with Crippen molar-refractivity contribution in [3.63, 3.8) is 0 Å². The molecule has 3 nitrogen and oxygen atoms in total. The maximum Gasteiger partial charge on any atom is 0.0858 e. The van der Waals surface area contributed by atoms with Gasteiger partial charge in [-0.05, 0) is 38.0 Å². The molecule has 1 atom stereocenters. The van der Waals surface area contributed by atoms with Crippen LogP contribution in [0.3, 0.4) is 0 Å². The first kappa shape index (κ1) is 16.4. The molecule has 5 heteroatoms. The van der Waals surface area contributed by atoms with Crippen molar-refractivity contribution in [3.8, 4) is 0 Å². The summed E-state index contributed by atoms with van der Waals surface area (Å²) in [5.74, 6) is 0.799. The first-order valence-electron chi connectivity index (χ1n) is 7.21. The molecule has 1 aromatic carbocycles. The van der Waals surface area contributed by atoms with Gasteiger partial charge in [0.05, 0.1) is 22.5 Å². The number of nitrogens with zero attached hydrogens (tertiary/aromatic N) is 2. The van der Waals surface area contributed by atoms with Gasteiger partial charge in [-0.1, -0.05) is 30.7 Å². The van der Waals surface area contributed by atoms with E-state index in [1.807, 2.05) is 28.9 Å². The van der Waals surface area contributed by atoms with Crippen LogP contribution >= 0.6 is 23.4 Å². The van der Waals surface area contributed by atoms with E-state index in [1.165, 1.54) is 0 Å². The fraction of sp³-hybridized carbons (Fsp3) is 0.438. The molecular formula is C16H21ClN2OS. The number of aliphatic hydroxyl groups excluding tert-OH is 1. The highest BCUT2D eigenvalue weighted by molar-refractivity contribution is 7.98. The van der Waals surface area contributed by atoms with Crippen molar-refractivity contribution in [2.75, 3.05) is 0 Å². The largest absolute Gasteiger partial charge is 0.389 e. The summed E-state index contributed by atoms with van der Waals surface area (Å²) in [7, 11) is 0. The second kappa shape index (κ2) is 7.34. The number of hydrogen-bond donors (Lipinski definition) is 1. The zero-order chi connectivity index (χ0) is 15.4. The Hall–Kier alpha value is -0.970. The van der Waals surface area contributed by atoms with Crippen molar-refractivity contribution in [1.82, 2.24) is 9.78 Å². The van der Waals surface area contributed by atoms with Crippen LogP contribution in [0.5, 0.6) is 0 Å². The maximum absolute atomic E-state index is 9.52. The van der Waals surface area contributed by atoms with Crippen LogP contribution in [0.25, 0.3) is 0 Å². The topological polar surface area (TPSA) is 38.0 Å². The molecule has 0 aliphatic carbocycles. The fourth-order valence-corrected chi connectivity index (χ4v) is 3.49. The molecule has 1 heterocycles. The maximum atomic E-state index is 9.52. The molecule has 0 amide bonds. The average Bonchev–Trinajstić information content (AvgIpc) is 2.81. The van der Waals surface area contributed by atoms with Crippen LogP contribution in [0, 0.1) is 0 Å². The fourth-order valence-electron chi connectivity index (χ4n) is 2.15. The van der Waals surface area contributed by atoms with Crippen molar-refractivity contribution >= 4 is 23.4 Å². The summed E-state index contributed by atoms with van der Waals surface area (Å²) in [6.45, 7) is 6.75. The normalized spacial score (nSPS) is 12.6. The van der Waals surface area contributed by atoms with Gasteiger partial charge in [-0.3, -0.25) is 4.68 Å². The minimum atomic E-state index is -0.424. The van der Waals surface area contributed by atoms with Gasteiger partial charge in [-0.15, -0.1) is 11.8 Å². The Morgan fingerprint density at radius 3 is 2.48 bits per heavy atom. The number of thioether (sulfide) groups is 1. The van der Waals surface area contributed by atoms with Crippen molar-refractivity contribution in [2.24, 2.45) is 0 Å². The van der Waals surface area contributed by atoms with E-state index >= 15 is 0 Å². The molecule has 0 fully saturated rings. The van der Waals surface area contributed by atoms with Gasteiger partial charge in [-0.2, -0.15) is 5.10 Å². The van der Waals surface area contributed by atoms with Crippen LogP contribution in [-0.2, 0) is 18.7 Å². The number of aromatic nitrogens is 2. The second-order valence-electron chi connectivity index (χ2n) is 4.91. The molecule has 0 aliphatic rings. The highest BCUT2D eigenvalue weighted by Crippen LogP contribution is 2.29. The molecule has 0 saturated carbocycles. The van der Waals surface area contributed by atoms with E-state index in [-0.39, 0.29) is 0 Å². The molecule has 0 aliphatic heterocycles. The lowest BCUT2D eigenvalue weighted by Gasteiger charge is -2.07.